The molecule has 2 nitrogen and oxygen atoms in total. The molecular weight excluding hydrogens is 488 g/mol. The van der Waals surface area contributed by atoms with Gasteiger partial charge in [-0.2, -0.15) is 0 Å². The summed E-state index contributed by atoms with van der Waals surface area (Å²) in [7, 11) is 0. The molecule has 194 valence electrons. The van der Waals surface area contributed by atoms with E-state index >= 15 is 0 Å². The van der Waals surface area contributed by atoms with Gasteiger partial charge in [-0.25, -0.2) is 0 Å². The van der Waals surface area contributed by atoms with Gasteiger partial charge in [0.05, 0.1) is 0 Å². The predicted octanol–water partition coefficient (Wildman–Crippen LogP) is 7.95. The normalized spacial score (nSPS) is 10.4. The third-order valence-electron chi connectivity index (χ3n) is 6.92. The van der Waals surface area contributed by atoms with Gasteiger partial charge < -0.3 is 0 Å². The van der Waals surface area contributed by atoms with E-state index in [-0.39, 0.29) is 11.6 Å². The summed E-state index contributed by atoms with van der Waals surface area (Å²) >= 11 is 0. The highest BCUT2D eigenvalue weighted by Gasteiger charge is 2.10. The van der Waals surface area contributed by atoms with Gasteiger partial charge >= 0.3 is 0 Å². The van der Waals surface area contributed by atoms with Crippen LogP contribution in [0.15, 0.2) is 121 Å². The zero-order valence-corrected chi connectivity index (χ0v) is 22.8. The SMILES string of the molecule is Cc1ccc(C(=O)c2cccc(C#Cc3cccc(CCc4cccc(C(=O)c5ccc(C)cc5)c4)c3)c2)cc1. The Morgan fingerprint density at radius 1 is 0.475 bits per heavy atom. The van der Waals surface area contributed by atoms with Crippen molar-refractivity contribution < 1.29 is 9.59 Å². The number of rotatable bonds is 7. The summed E-state index contributed by atoms with van der Waals surface area (Å²) in [5, 5.41) is 0. The number of hydrogen-bond donors (Lipinski definition) is 0. The van der Waals surface area contributed by atoms with Crippen molar-refractivity contribution in [3.05, 3.63) is 177 Å². The van der Waals surface area contributed by atoms with Crippen LogP contribution in [0.3, 0.4) is 0 Å². The molecule has 0 spiro atoms. The Morgan fingerprint density at radius 2 is 0.900 bits per heavy atom. The van der Waals surface area contributed by atoms with Gasteiger partial charge in [0.25, 0.3) is 0 Å². The summed E-state index contributed by atoms with van der Waals surface area (Å²) in [5.74, 6) is 6.51. The first kappa shape index (κ1) is 26.6. The number of ketones is 2. The third-order valence-corrected chi connectivity index (χ3v) is 6.92. The van der Waals surface area contributed by atoms with Gasteiger partial charge in [0.2, 0.25) is 0 Å². The maximum absolute atomic E-state index is 12.9. The number of hydrogen-bond acceptors (Lipinski definition) is 2. The number of benzene rings is 5. The summed E-state index contributed by atoms with van der Waals surface area (Å²) < 4.78 is 0. The maximum Gasteiger partial charge on any atom is 0.193 e. The van der Waals surface area contributed by atoms with E-state index in [2.05, 4.69) is 30.0 Å². The van der Waals surface area contributed by atoms with E-state index in [9.17, 15) is 9.59 Å². The Balaban J connectivity index is 1.25. The topological polar surface area (TPSA) is 34.1 Å². The molecule has 2 heteroatoms. The van der Waals surface area contributed by atoms with Crippen molar-refractivity contribution in [2.75, 3.05) is 0 Å². The highest BCUT2D eigenvalue weighted by atomic mass is 16.1. The van der Waals surface area contributed by atoms with E-state index in [1.807, 2.05) is 117 Å². The first-order valence-electron chi connectivity index (χ1n) is 13.5. The summed E-state index contributed by atoms with van der Waals surface area (Å²) in [6.07, 6.45) is 1.67. The van der Waals surface area contributed by atoms with Crippen molar-refractivity contribution in [2.45, 2.75) is 26.7 Å². The second-order valence-corrected chi connectivity index (χ2v) is 10.1. The zero-order chi connectivity index (χ0) is 27.9. The van der Waals surface area contributed by atoms with E-state index in [1.54, 1.807) is 0 Å². The molecule has 0 heterocycles. The number of carbonyl (C=O) groups is 2. The largest absolute Gasteiger partial charge is 0.289 e. The monoisotopic (exact) mass is 518 g/mol. The molecule has 0 bridgehead atoms. The van der Waals surface area contributed by atoms with Crippen LogP contribution >= 0.6 is 0 Å². The quantitative estimate of drug-likeness (QED) is 0.162. The van der Waals surface area contributed by atoms with Crippen LogP contribution in [0.5, 0.6) is 0 Å². The highest BCUT2D eigenvalue weighted by Crippen LogP contribution is 2.16. The molecule has 5 aromatic rings. The number of carbonyl (C=O) groups excluding carboxylic acids is 2. The highest BCUT2D eigenvalue weighted by molar-refractivity contribution is 6.09. The minimum Gasteiger partial charge on any atom is -0.289 e. The van der Waals surface area contributed by atoms with E-state index in [0.717, 1.165) is 40.7 Å². The van der Waals surface area contributed by atoms with Crippen molar-refractivity contribution in [3.8, 4) is 11.8 Å². The third kappa shape index (κ3) is 6.70. The van der Waals surface area contributed by atoms with Gasteiger partial charge in [-0.15, -0.1) is 0 Å². The Bertz CT molecular complexity index is 1730. The maximum atomic E-state index is 12.9. The Morgan fingerprint density at radius 3 is 1.45 bits per heavy atom. The van der Waals surface area contributed by atoms with Crippen LogP contribution in [0.2, 0.25) is 0 Å². The number of aryl methyl sites for hydroxylation is 4. The average Bonchev–Trinajstić information content (AvgIpc) is 2.99. The summed E-state index contributed by atoms with van der Waals surface area (Å²) in [4.78, 5) is 25.8. The van der Waals surface area contributed by atoms with Gasteiger partial charge in [0, 0.05) is 33.4 Å². The molecule has 0 saturated heterocycles. The van der Waals surface area contributed by atoms with Crippen LogP contribution < -0.4 is 0 Å². The second kappa shape index (κ2) is 12.2. The van der Waals surface area contributed by atoms with Crippen molar-refractivity contribution in [3.63, 3.8) is 0 Å². The molecular formula is C38H30O2. The molecule has 0 amide bonds. The van der Waals surface area contributed by atoms with Gasteiger partial charge in [0.1, 0.15) is 0 Å². The summed E-state index contributed by atoms with van der Waals surface area (Å²) in [6.45, 7) is 4.02. The standard InChI is InChI=1S/C38H30O2/c1-27-12-20-33(21-13-27)37(39)35-10-4-8-31(25-35)18-16-29-6-3-7-30(24-29)17-19-32-9-5-11-36(26-32)38(40)34-22-14-28(2)15-23-34/h3-15,20-26H,16,18H2,1-2H3. The molecule has 0 radical (unpaired) electrons. The van der Waals surface area contributed by atoms with Gasteiger partial charge in [0.15, 0.2) is 11.6 Å². The van der Waals surface area contributed by atoms with E-state index in [1.165, 1.54) is 5.56 Å². The minimum atomic E-state index is -0.00437. The second-order valence-electron chi connectivity index (χ2n) is 10.1. The fourth-order valence-electron chi connectivity index (χ4n) is 4.59. The van der Waals surface area contributed by atoms with Crippen molar-refractivity contribution in [1.29, 1.82) is 0 Å². The summed E-state index contributed by atoms with van der Waals surface area (Å²) in [6, 6.07) is 38.9. The fraction of sp³-hybridized carbons (Fsp3) is 0.105. The van der Waals surface area contributed by atoms with Crippen LogP contribution in [-0.2, 0) is 12.8 Å². The van der Waals surface area contributed by atoms with E-state index in [0.29, 0.717) is 22.3 Å². The van der Waals surface area contributed by atoms with Crippen molar-refractivity contribution >= 4 is 11.6 Å². The van der Waals surface area contributed by atoms with Crippen LogP contribution in [-0.4, -0.2) is 11.6 Å². The van der Waals surface area contributed by atoms with E-state index in [4.69, 9.17) is 0 Å². The Kier molecular flexibility index (Phi) is 8.14. The Hall–Kier alpha value is -5.00. The van der Waals surface area contributed by atoms with Crippen LogP contribution in [0.1, 0.15) is 65.2 Å². The molecule has 0 aliphatic carbocycles. The molecule has 0 aromatic heterocycles. The molecule has 0 N–H and O–H groups in total. The smallest absolute Gasteiger partial charge is 0.193 e. The molecule has 0 aliphatic rings. The Labute approximate surface area is 236 Å². The predicted molar refractivity (Wildman–Crippen MR) is 162 cm³/mol. The van der Waals surface area contributed by atoms with Crippen LogP contribution in [0.25, 0.3) is 0 Å². The lowest BCUT2D eigenvalue weighted by molar-refractivity contribution is 0.103. The fourth-order valence-corrected chi connectivity index (χ4v) is 4.59. The molecule has 0 aliphatic heterocycles. The molecule has 0 unspecified atom stereocenters. The first-order valence-corrected chi connectivity index (χ1v) is 13.5. The van der Waals surface area contributed by atoms with Gasteiger partial charge in [-0.1, -0.05) is 114 Å². The van der Waals surface area contributed by atoms with Crippen molar-refractivity contribution in [2.24, 2.45) is 0 Å². The molecule has 40 heavy (non-hydrogen) atoms. The van der Waals surface area contributed by atoms with Crippen LogP contribution in [0.4, 0.5) is 0 Å². The lowest BCUT2D eigenvalue weighted by atomic mass is 9.97. The van der Waals surface area contributed by atoms with Gasteiger partial charge in [-0.3, -0.25) is 9.59 Å². The molecule has 0 saturated carbocycles. The van der Waals surface area contributed by atoms with Gasteiger partial charge in [-0.05, 0) is 68.1 Å². The molecule has 0 fully saturated rings. The molecule has 5 aromatic carbocycles. The van der Waals surface area contributed by atoms with E-state index < -0.39 is 0 Å². The van der Waals surface area contributed by atoms with Crippen molar-refractivity contribution in [1.82, 2.24) is 0 Å². The zero-order valence-electron chi connectivity index (χ0n) is 22.8. The first-order chi connectivity index (χ1) is 19.4. The lowest BCUT2D eigenvalue weighted by Gasteiger charge is -2.06. The summed E-state index contributed by atoms with van der Waals surface area (Å²) in [5.41, 5.74) is 9.03. The lowest BCUT2D eigenvalue weighted by Crippen LogP contribution is -2.02. The molecule has 0 atom stereocenters. The average molecular weight is 519 g/mol. The minimum absolute atomic E-state index is 0.00437. The molecule has 5 rings (SSSR count). The van der Waals surface area contributed by atoms with Crippen LogP contribution in [0, 0.1) is 25.7 Å².